The molecule has 0 bridgehead atoms. The Labute approximate surface area is 90.1 Å². The van der Waals surface area contributed by atoms with Crippen LogP contribution in [0.25, 0.3) is 0 Å². The molecule has 1 rings (SSSR count). The highest BCUT2D eigenvalue weighted by Crippen LogP contribution is 2.22. The number of aliphatic hydroxyl groups excluding tert-OH is 1. The van der Waals surface area contributed by atoms with Crippen LogP contribution in [0.15, 0.2) is 15.7 Å². The third-order valence-corrected chi connectivity index (χ3v) is 2.77. The second kappa shape index (κ2) is 4.93. The lowest BCUT2D eigenvalue weighted by molar-refractivity contribution is 0.300. The van der Waals surface area contributed by atoms with E-state index in [0.717, 1.165) is 15.5 Å². The zero-order chi connectivity index (χ0) is 9.84. The van der Waals surface area contributed by atoms with E-state index in [2.05, 4.69) is 25.9 Å². The molecule has 1 aromatic heterocycles. The van der Waals surface area contributed by atoms with Crippen LogP contribution < -0.4 is 0 Å². The highest BCUT2D eigenvalue weighted by atomic mass is 79.9. The molecule has 0 saturated carbocycles. The van der Waals surface area contributed by atoms with Crippen molar-refractivity contribution in [3.05, 3.63) is 16.5 Å². The van der Waals surface area contributed by atoms with Gasteiger partial charge in [-0.15, -0.1) is 11.8 Å². The number of thioether (sulfide) groups is 1. The Balaban J connectivity index is 2.77. The number of aryl methyl sites for hydroxylation is 1. The minimum atomic E-state index is 0.158. The van der Waals surface area contributed by atoms with Gasteiger partial charge in [-0.05, 0) is 22.9 Å². The summed E-state index contributed by atoms with van der Waals surface area (Å²) in [7, 11) is 0. The first kappa shape index (κ1) is 10.9. The average molecular weight is 263 g/mol. The maximum atomic E-state index is 8.86. The van der Waals surface area contributed by atoms with E-state index >= 15 is 0 Å². The third-order valence-electron chi connectivity index (χ3n) is 1.36. The summed E-state index contributed by atoms with van der Waals surface area (Å²) in [6, 6.07) is 1.85. The molecular formula is C8H11BrN2OS. The molecule has 1 aromatic rings. The van der Waals surface area contributed by atoms with Crippen LogP contribution in [-0.4, -0.2) is 26.9 Å². The first-order valence-electron chi connectivity index (χ1n) is 3.90. The third kappa shape index (κ3) is 3.62. The fraction of sp³-hybridized carbons (Fsp3) is 0.500. The summed E-state index contributed by atoms with van der Waals surface area (Å²) in [5.41, 5.74) is 0. The van der Waals surface area contributed by atoms with Gasteiger partial charge in [-0.3, -0.25) is 0 Å². The van der Waals surface area contributed by atoms with Gasteiger partial charge in [0, 0.05) is 11.3 Å². The smallest absolute Gasteiger partial charge is 0.127 e. The molecule has 1 N–H and O–H groups in total. The molecule has 0 aliphatic carbocycles. The fourth-order valence-corrected chi connectivity index (χ4v) is 2.29. The zero-order valence-electron chi connectivity index (χ0n) is 7.49. The molecule has 1 atom stereocenters. The number of hydrogen-bond donors (Lipinski definition) is 1. The van der Waals surface area contributed by atoms with E-state index in [1.165, 1.54) is 0 Å². The van der Waals surface area contributed by atoms with Gasteiger partial charge >= 0.3 is 0 Å². The molecule has 3 nitrogen and oxygen atoms in total. The molecule has 1 unspecified atom stereocenters. The Bertz CT molecular complexity index is 275. The van der Waals surface area contributed by atoms with Crippen molar-refractivity contribution in [2.75, 3.05) is 6.61 Å². The van der Waals surface area contributed by atoms with Gasteiger partial charge in [0.2, 0.25) is 0 Å². The van der Waals surface area contributed by atoms with Crippen molar-refractivity contribution >= 4 is 27.7 Å². The first-order chi connectivity index (χ1) is 6.11. The SMILES string of the molecule is Cc1nc(Br)cc(SC(C)CO)n1. The zero-order valence-corrected chi connectivity index (χ0v) is 9.89. The molecule has 0 saturated heterocycles. The molecule has 0 aliphatic rings. The highest BCUT2D eigenvalue weighted by Gasteiger charge is 2.05. The molecule has 1 heterocycles. The van der Waals surface area contributed by atoms with Crippen LogP contribution in [0.1, 0.15) is 12.7 Å². The second-order valence-electron chi connectivity index (χ2n) is 2.69. The number of aromatic nitrogens is 2. The number of aliphatic hydroxyl groups is 1. The van der Waals surface area contributed by atoms with Crippen LogP contribution in [0.2, 0.25) is 0 Å². The largest absolute Gasteiger partial charge is 0.395 e. The minimum Gasteiger partial charge on any atom is -0.395 e. The minimum absolute atomic E-state index is 0.158. The molecular weight excluding hydrogens is 252 g/mol. The number of hydrogen-bond acceptors (Lipinski definition) is 4. The van der Waals surface area contributed by atoms with Gasteiger partial charge in [0.05, 0.1) is 6.61 Å². The van der Waals surface area contributed by atoms with Crippen LogP contribution in [-0.2, 0) is 0 Å². The van der Waals surface area contributed by atoms with E-state index in [1.807, 2.05) is 19.9 Å². The highest BCUT2D eigenvalue weighted by molar-refractivity contribution is 9.10. The van der Waals surface area contributed by atoms with Crippen LogP contribution in [0.4, 0.5) is 0 Å². The lowest BCUT2D eigenvalue weighted by atomic mass is 10.5. The van der Waals surface area contributed by atoms with Gasteiger partial charge in [0.25, 0.3) is 0 Å². The van der Waals surface area contributed by atoms with Crippen LogP contribution in [0, 0.1) is 6.92 Å². The van der Waals surface area contributed by atoms with E-state index in [4.69, 9.17) is 5.11 Å². The predicted octanol–water partition coefficient (Wildman–Crippen LogP) is 2.02. The van der Waals surface area contributed by atoms with Crippen molar-refractivity contribution in [2.24, 2.45) is 0 Å². The van der Waals surface area contributed by atoms with Crippen molar-refractivity contribution < 1.29 is 5.11 Å². The van der Waals surface area contributed by atoms with Crippen LogP contribution in [0.3, 0.4) is 0 Å². The standard InChI is InChI=1S/C8H11BrN2OS/c1-5(4-12)13-8-3-7(9)10-6(2)11-8/h3,5,12H,4H2,1-2H3. The van der Waals surface area contributed by atoms with Crippen molar-refractivity contribution in [1.82, 2.24) is 9.97 Å². The van der Waals surface area contributed by atoms with E-state index in [9.17, 15) is 0 Å². The van der Waals surface area contributed by atoms with Crippen LogP contribution >= 0.6 is 27.7 Å². The summed E-state index contributed by atoms with van der Waals surface area (Å²) in [5, 5.41) is 9.92. The molecule has 0 spiro atoms. The molecule has 0 fully saturated rings. The van der Waals surface area contributed by atoms with E-state index in [-0.39, 0.29) is 11.9 Å². The summed E-state index contributed by atoms with van der Waals surface area (Å²) in [6.45, 7) is 3.96. The molecule has 0 aliphatic heterocycles. The maximum Gasteiger partial charge on any atom is 0.127 e. The summed E-state index contributed by atoms with van der Waals surface area (Å²) in [4.78, 5) is 8.33. The molecule has 0 amide bonds. The molecule has 0 aromatic carbocycles. The summed E-state index contributed by atoms with van der Waals surface area (Å²) in [5.74, 6) is 0.738. The summed E-state index contributed by atoms with van der Waals surface area (Å²) >= 11 is 4.84. The Kier molecular flexibility index (Phi) is 4.15. The van der Waals surface area contributed by atoms with E-state index in [1.54, 1.807) is 11.8 Å². The Morgan fingerprint density at radius 3 is 2.85 bits per heavy atom. The summed E-state index contributed by atoms with van der Waals surface area (Å²) in [6.07, 6.45) is 0. The number of nitrogens with zero attached hydrogens (tertiary/aromatic N) is 2. The fourth-order valence-electron chi connectivity index (χ4n) is 0.809. The van der Waals surface area contributed by atoms with Gasteiger partial charge in [-0.1, -0.05) is 6.92 Å². The Hall–Kier alpha value is -0.130. The lowest BCUT2D eigenvalue weighted by Crippen LogP contribution is -2.03. The van der Waals surface area contributed by atoms with Gasteiger partial charge < -0.3 is 5.11 Å². The van der Waals surface area contributed by atoms with Crippen molar-refractivity contribution in [2.45, 2.75) is 24.1 Å². The van der Waals surface area contributed by atoms with Gasteiger partial charge in [-0.25, -0.2) is 9.97 Å². The van der Waals surface area contributed by atoms with Gasteiger partial charge in [0.1, 0.15) is 15.5 Å². The quantitative estimate of drug-likeness (QED) is 0.669. The topological polar surface area (TPSA) is 46.0 Å². The molecule has 5 heteroatoms. The van der Waals surface area contributed by atoms with E-state index in [0.29, 0.717) is 0 Å². The Morgan fingerprint density at radius 2 is 2.31 bits per heavy atom. The molecule has 13 heavy (non-hydrogen) atoms. The van der Waals surface area contributed by atoms with Crippen molar-refractivity contribution in [1.29, 1.82) is 0 Å². The monoisotopic (exact) mass is 262 g/mol. The van der Waals surface area contributed by atoms with Gasteiger partial charge in [0.15, 0.2) is 0 Å². The number of halogens is 1. The second-order valence-corrected chi connectivity index (χ2v) is 4.96. The molecule has 0 radical (unpaired) electrons. The first-order valence-corrected chi connectivity index (χ1v) is 5.58. The normalized spacial score (nSPS) is 12.9. The average Bonchev–Trinajstić information content (AvgIpc) is 2.02. The van der Waals surface area contributed by atoms with Gasteiger partial charge in [-0.2, -0.15) is 0 Å². The molecule has 72 valence electrons. The van der Waals surface area contributed by atoms with Crippen molar-refractivity contribution in [3.8, 4) is 0 Å². The van der Waals surface area contributed by atoms with Crippen LogP contribution in [0.5, 0.6) is 0 Å². The number of rotatable bonds is 3. The van der Waals surface area contributed by atoms with Crippen molar-refractivity contribution in [3.63, 3.8) is 0 Å². The van der Waals surface area contributed by atoms with E-state index < -0.39 is 0 Å². The predicted molar refractivity (Wildman–Crippen MR) is 56.9 cm³/mol. The summed E-state index contributed by atoms with van der Waals surface area (Å²) < 4.78 is 0.785. The lowest BCUT2D eigenvalue weighted by Gasteiger charge is -2.06. The maximum absolute atomic E-state index is 8.86. The Morgan fingerprint density at radius 1 is 1.62 bits per heavy atom.